The van der Waals surface area contributed by atoms with Gasteiger partial charge in [-0.1, -0.05) is 0 Å². The second kappa shape index (κ2) is 6.76. The highest BCUT2D eigenvalue weighted by atomic mass is 16.5. The zero-order chi connectivity index (χ0) is 17.2. The number of imidazole rings is 1. The lowest BCUT2D eigenvalue weighted by Gasteiger charge is -2.35. The van der Waals surface area contributed by atoms with E-state index in [0.717, 1.165) is 18.8 Å². The zero-order valence-electron chi connectivity index (χ0n) is 14.3. The number of nitrogens with one attached hydrogen (secondary N) is 1. The van der Waals surface area contributed by atoms with Gasteiger partial charge in [0.1, 0.15) is 11.9 Å². The van der Waals surface area contributed by atoms with Gasteiger partial charge in [0.25, 0.3) is 5.91 Å². The Bertz CT molecular complexity index is 773. The Hall–Kier alpha value is -2.54. The second-order valence-corrected chi connectivity index (χ2v) is 6.33. The van der Waals surface area contributed by atoms with Gasteiger partial charge < -0.3 is 24.3 Å². The van der Waals surface area contributed by atoms with Crippen LogP contribution < -0.4 is 14.8 Å². The molecule has 1 fully saturated rings. The van der Waals surface area contributed by atoms with Crippen molar-refractivity contribution in [1.29, 1.82) is 0 Å². The van der Waals surface area contributed by atoms with Gasteiger partial charge in [0.2, 0.25) is 0 Å². The topological polar surface area (TPSA) is 68.6 Å². The van der Waals surface area contributed by atoms with Crippen molar-refractivity contribution in [3.63, 3.8) is 0 Å². The van der Waals surface area contributed by atoms with Crippen molar-refractivity contribution in [3.05, 3.63) is 42.0 Å². The molecule has 1 amide bonds. The number of rotatable bonds is 2. The van der Waals surface area contributed by atoms with Crippen LogP contribution in [0.2, 0.25) is 0 Å². The molecule has 7 nitrogen and oxygen atoms in total. The summed E-state index contributed by atoms with van der Waals surface area (Å²) in [6, 6.07) is 5.34. The summed E-state index contributed by atoms with van der Waals surface area (Å²) in [4.78, 5) is 19.5. The second-order valence-electron chi connectivity index (χ2n) is 6.33. The highest BCUT2D eigenvalue weighted by Crippen LogP contribution is 2.32. The fraction of sp³-hybridized carbons (Fsp3) is 0.444. The molecule has 0 radical (unpaired) electrons. The highest BCUT2D eigenvalue weighted by molar-refractivity contribution is 5.95. The molecule has 0 aliphatic carbocycles. The van der Waals surface area contributed by atoms with Crippen molar-refractivity contribution in [3.8, 4) is 11.5 Å². The number of fused-ring (bicyclic) bond motifs is 1. The minimum Gasteiger partial charge on any atom is -0.490 e. The minimum atomic E-state index is -0.0859. The predicted molar refractivity (Wildman–Crippen MR) is 91.9 cm³/mol. The lowest BCUT2D eigenvalue weighted by atomic mass is 10.1. The Balaban J connectivity index is 1.62. The maximum atomic E-state index is 13.2. The first kappa shape index (κ1) is 16.0. The summed E-state index contributed by atoms with van der Waals surface area (Å²) in [7, 11) is 1.95. The number of amides is 1. The SMILES string of the molecule is Cn1ccnc1C1CNCCN1C(=O)c1ccc2c(c1)OCCCO2. The molecule has 0 bridgehead atoms. The highest BCUT2D eigenvalue weighted by Gasteiger charge is 2.31. The van der Waals surface area contributed by atoms with Crippen molar-refractivity contribution in [2.24, 2.45) is 7.05 Å². The fourth-order valence-electron chi connectivity index (χ4n) is 3.34. The molecule has 2 aliphatic rings. The van der Waals surface area contributed by atoms with Gasteiger partial charge in [-0.3, -0.25) is 4.79 Å². The maximum absolute atomic E-state index is 13.2. The molecule has 0 spiro atoms. The average molecular weight is 342 g/mol. The number of benzene rings is 1. The van der Waals surface area contributed by atoms with Crippen LogP contribution in [0.1, 0.15) is 28.6 Å². The zero-order valence-corrected chi connectivity index (χ0v) is 14.3. The number of carbonyl (C=O) groups excluding carboxylic acids is 1. The summed E-state index contributed by atoms with van der Waals surface area (Å²) in [5.74, 6) is 2.22. The molecular weight excluding hydrogens is 320 g/mol. The van der Waals surface area contributed by atoms with Crippen LogP contribution in [-0.2, 0) is 7.05 Å². The molecule has 0 saturated carbocycles. The molecule has 2 aromatic rings. The number of ether oxygens (including phenoxy) is 2. The summed E-state index contributed by atoms with van der Waals surface area (Å²) < 4.78 is 13.3. The molecular formula is C18H22N4O3. The Morgan fingerprint density at radius 1 is 1.28 bits per heavy atom. The van der Waals surface area contributed by atoms with Crippen LogP contribution in [0.3, 0.4) is 0 Å². The van der Waals surface area contributed by atoms with E-state index in [1.54, 1.807) is 12.3 Å². The van der Waals surface area contributed by atoms with Gasteiger partial charge in [-0.05, 0) is 18.2 Å². The smallest absolute Gasteiger partial charge is 0.254 e. The predicted octanol–water partition coefficient (Wildman–Crippen LogP) is 1.37. The standard InChI is InChI=1S/C18H22N4O3/c1-21-7-6-20-17(21)14-12-19-5-8-22(14)18(23)13-3-4-15-16(11-13)25-10-2-9-24-15/h3-4,6-7,11,14,19H,2,5,8-10,12H2,1H3. The monoisotopic (exact) mass is 342 g/mol. The average Bonchev–Trinajstić information content (AvgIpc) is 2.93. The van der Waals surface area contributed by atoms with E-state index < -0.39 is 0 Å². The van der Waals surface area contributed by atoms with Crippen LogP contribution in [0.4, 0.5) is 0 Å². The first-order valence-corrected chi connectivity index (χ1v) is 8.62. The number of hydrogen-bond acceptors (Lipinski definition) is 5. The number of hydrogen-bond donors (Lipinski definition) is 1. The quantitative estimate of drug-likeness (QED) is 0.893. The molecule has 132 valence electrons. The Morgan fingerprint density at radius 2 is 2.12 bits per heavy atom. The van der Waals surface area contributed by atoms with Crippen molar-refractivity contribution < 1.29 is 14.3 Å². The van der Waals surface area contributed by atoms with Gasteiger partial charge >= 0.3 is 0 Å². The van der Waals surface area contributed by atoms with Gasteiger partial charge in [0, 0.05) is 51.1 Å². The van der Waals surface area contributed by atoms with E-state index >= 15 is 0 Å². The molecule has 25 heavy (non-hydrogen) atoms. The van der Waals surface area contributed by atoms with Crippen LogP contribution in [0, 0.1) is 0 Å². The van der Waals surface area contributed by atoms with Gasteiger partial charge in [0.05, 0.1) is 13.2 Å². The Morgan fingerprint density at radius 3 is 2.92 bits per heavy atom. The van der Waals surface area contributed by atoms with Gasteiger partial charge in [-0.25, -0.2) is 4.98 Å². The van der Waals surface area contributed by atoms with Crippen molar-refractivity contribution in [2.45, 2.75) is 12.5 Å². The summed E-state index contributed by atoms with van der Waals surface area (Å²) in [6.07, 6.45) is 4.51. The van der Waals surface area contributed by atoms with E-state index in [1.165, 1.54) is 0 Å². The molecule has 2 aliphatic heterocycles. The largest absolute Gasteiger partial charge is 0.490 e. The Labute approximate surface area is 146 Å². The van der Waals surface area contributed by atoms with E-state index in [0.29, 0.717) is 43.4 Å². The van der Waals surface area contributed by atoms with Crippen molar-refractivity contribution in [2.75, 3.05) is 32.8 Å². The lowest BCUT2D eigenvalue weighted by Crippen LogP contribution is -2.49. The minimum absolute atomic E-state index is 0.00912. The normalized spacial score (nSPS) is 20.2. The van der Waals surface area contributed by atoms with Crippen LogP contribution in [-0.4, -0.2) is 53.2 Å². The number of piperazine rings is 1. The van der Waals surface area contributed by atoms with Crippen molar-refractivity contribution >= 4 is 5.91 Å². The third-order valence-electron chi connectivity index (χ3n) is 4.66. The summed E-state index contributed by atoms with van der Waals surface area (Å²) in [6.45, 7) is 3.36. The fourth-order valence-corrected chi connectivity index (χ4v) is 3.34. The van der Waals surface area contributed by atoms with Gasteiger partial charge in [0.15, 0.2) is 11.5 Å². The summed E-state index contributed by atoms with van der Waals surface area (Å²) >= 11 is 0. The van der Waals surface area contributed by atoms with Crippen LogP contribution in [0.15, 0.2) is 30.6 Å². The third kappa shape index (κ3) is 3.07. The Kier molecular flexibility index (Phi) is 4.31. The molecule has 3 heterocycles. The van der Waals surface area contributed by atoms with Gasteiger partial charge in [-0.2, -0.15) is 0 Å². The van der Waals surface area contributed by atoms with Crippen LogP contribution >= 0.6 is 0 Å². The summed E-state index contributed by atoms with van der Waals surface area (Å²) in [5, 5.41) is 3.35. The summed E-state index contributed by atoms with van der Waals surface area (Å²) in [5.41, 5.74) is 0.616. The van der Waals surface area contributed by atoms with Crippen LogP contribution in [0.25, 0.3) is 0 Å². The first-order valence-electron chi connectivity index (χ1n) is 8.62. The number of carbonyl (C=O) groups is 1. The van der Waals surface area contributed by atoms with E-state index in [-0.39, 0.29) is 11.9 Å². The van der Waals surface area contributed by atoms with E-state index in [9.17, 15) is 4.79 Å². The van der Waals surface area contributed by atoms with E-state index in [1.807, 2.05) is 34.8 Å². The molecule has 4 rings (SSSR count). The van der Waals surface area contributed by atoms with Crippen molar-refractivity contribution in [1.82, 2.24) is 19.8 Å². The maximum Gasteiger partial charge on any atom is 0.254 e. The molecule has 1 N–H and O–H groups in total. The molecule has 1 aromatic heterocycles. The first-order chi connectivity index (χ1) is 12.2. The lowest BCUT2D eigenvalue weighted by molar-refractivity contribution is 0.0620. The molecule has 1 saturated heterocycles. The molecule has 1 aromatic carbocycles. The van der Waals surface area contributed by atoms with Crippen LogP contribution in [0.5, 0.6) is 11.5 Å². The molecule has 7 heteroatoms. The number of aryl methyl sites for hydroxylation is 1. The molecule has 1 unspecified atom stereocenters. The number of aromatic nitrogens is 2. The number of nitrogens with zero attached hydrogens (tertiary/aromatic N) is 3. The van der Waals surface area contributed by atoms with E-state index in [2.05, 4.69) is 10.3 Å². The van der Waals surface area contributed by atoms with Gasteiger partial charge in [-0.15, -0.1) is 0 Å². The third-order valence-corrected chi connectivity index (χ3v) is 4.66. The molecule has 1 atom stereocenters. The van der Waals surface area contributed by atoms with E-state index in [4.69, 9.17) is 9.47 Å².